The number of carbonyl (C=O) groups is 4. The van der Waals surface area contributed by atoms with Gasteiger partial charge in [0.15, 0.2) is 23.3 Å². The fourth-order valence-corrected chi connectivity index (χ4v) is 17.6. The first-order valence-electron chi connectivity index (χ1n) is 39.2. The van der Waals surface area contributed by atoms with Crippen LogP contribution in [-0.2, 0) is 19.2 Å². The van der Waals surface area contributed by atoms with Gasteiger partial charge >= 0.3 is 0 Å². The van der Waals surface area contributed by atoms with Crippen LogP contribution in [0.2, 0.25) is 20.1 Å². The van der Waals surface area contributed by atoms with Crippen molar-refractivity contribution in [1.82, 2.24) is 59.5 Å². The smallest absolute Gasteiger partial charge is 0.246 e. The third kappa shape index (κ3) is 17.5. The van der Waals surface area contributed by atoms with Crippen LogP contribution >= 0.6 is 46.4 Å². The average molecular weight is 1810 g/mol. The number of rotatable bonds is 12. The van der Waals surface area contributed by atoms with Gasteiger partial charge in [-0.2, -0.15) is 0 Å². The SMILES string of the molecule is C=CC(=O)N1CCN(c2ncnc3c(F)c(-c4c(O)cccc4F)c(Cl)cc23)C(C)(C)C1.C=CC(=O)N1CCN(c2ncnc3c(F)c(-c4c(O)cccc4F)c(Cl)cc23)CC1C.C=CC(=O)N1CCN(c2ncnc3c(F)c(-c4c(O)cccc4F)c(Cl)cc23)C[C@@H]1C.C=CC(=O)N1[C@@H](C)CN(c2ncnc3c(F)c(-c4c(O)cccc4F)c(Cl)cc23)C[C@@H]1C. The van der Waals surface area contributed by atoms with E-state index in [0.29, 0.717) is 117 Å². The number of anilines is 4. The summed E-state index contributed by atoms with van der Waals surface area (Å²) in [7, 11) is 0. The lowest BCUT2D eigenvalue weighted by molar-refractivity contribution is -0.131. The third-order valence-corrected chi connectivity index (χ3v) is 23.4. The maximum absolute atomic E-state index is 15.6. The molecule has 24 nitrogen and oxygen atoms in total. The molecular weight excluding hydrogens is 1730 g/mol. The predicted octanol–water partition coefficient (Wildman–Crippen LogP) is 17.4. The van der Waals surface area contributed by atoms with Crippen molar-refractivity contribution in [2.45, 2.75) is 71.2 Å². The summed E-state index contributed by atoms with van der Waals surface area (Å²) in [5.74, 6) is -7.06. The second kappa shape index (κ2) is 37.4. The lowest BCUT2D eigenvalue weighted by Gasteiger charge is -2.47. The van der Waals surface area contributed by atoms with Gasteiger partial charge in [0.25, 0.3) is 0 Å². The molecule has 652 valence electrons. The number of phenols is 4. The molecule has 12 aromatic rings. The number of aromatic hydroxyl groups is 4. The second-order valence-electron chi connectivity index (χ2n) is 30.6. The molecule has 0 radical (unpaired) electrons. The van der Waals surface area contributed by atoms with E-state index in [-0.39, 0.29) is 134 Å². The molecule has 4 saturated heterocycles. The Kier molecular flexibility index (Phi) is 26.9. The van der Waals surface area contributed by atoms with Crippen LogP contribution in [0.25, 0.3) is 88.1 Å². The van der Waals surface area contributed by atoms with E-state index in [1.54, 1.807) is 19.6 Å². The lowest BCUT2D eigenvalue weighted by atomic mass is 9.97. The quantitative estimate of drug-likeness (QED) is 0.0653. The van der Waals surface area contributed by atoms with Crippen molar-refractivity contribution in [2.75, 3.05) is 91.6 Å². The summed E-state index contributed by atoms with van der Waals surface area (Å²) >= 11 is 25.5. The summed E-state index contributed by atoms with van der Waals surface area (Å²) < 4.78 is 120. The van der Waals surface area contributed by atoms with Gasteiger partial charge in [-0.05, 0) is 139 Å². The summed E-state index contributed by atoms with van der Waals surface area (Å²) in [6.07, 6.45) is 10.0. The van der Waals surface area contributed by atoms with Crippen molar-refractivity contribution < 1.29 is 74.7 Å². The molecule has 1 unspecified atom stereocenters. The summed E-state index contributed by atoms with van der Waals surface area (Å²) in [6, 6.07) is 20.2. The topological polar surface area (TPSA) is 278 Å². The van der Waals surface area contributed by atoms with Crippen molar-refractivity contribution >= 4 is 137 Å². The van der Waals surface area contributed by atoms with Crippen molar-refractivity contribution in [3.63, 3.8) is 0 Å². The summed E-state index contributed by atoms with van der Waals surface area (Å²) in [4.78, 5) is 96.5. The summed E-state index contributed by atoms with van der Waals surface area (Å²) in [5, 5.41) is 41.6. The predicted molar refractivity (Wildman–Crippen MR) is 470 cm³/mol. The van der Waals surface area contributed by atoms with Gasteiger partial charge in [-0.3, -0.25) is 19.2 Å². The Labute approximate surface area is 736 Å². The first kappa shape index (κ1) is 90.7. The number of phenolic OH excluding ortho intramolecular Hbond substituents is 4. The fraction of sp³-hybridized carbons (Fsp3) is 0.244. The molecular formula is C90H80Cl4F8N16O8. The molecule has 0 saturated carbocycles. The molecule has 36 heteroatoms. The van der Waals surface area contributed by atoms with Crippen LogP contribution in [0.15, 0.2) is 173 Å². The number of halogens is 12. The van der Waals surface area contributed by atoms with Crippen molar-refractivity contribution in [3.8, 4) is 67.5 Å². The van der Waals surface area contributed by atoms with Crippen molar-refractivity contribution in [1.29, 1.82) is 0 Å². The second-order valence-corrected chi connectivity index (χ2v) is 32.3. The third-order valence-electron chi connectivity index (χ3n) is 22.2. The van der Waals surface area contributed by atoms with E-state index in [4.69, 9.17) is 46.4 Å². The van der Waals surface area contributed by atoms with Crippen LogP contribution in [0.3, 0.4) is 0 Å². The molecule has 4 aromatic heterocycles. The highest BCUT2D eigenvalue weighted by atomic mass is 35.5. The van der Waals surface area contributed by atoms with Crippen molar-refractivity contribution in [2.24, 2.45) is 0 Å². The van der Waals surface area contributed by atoms with Gasteiger partial charge in [-0.25, -0.2) is 75.0 Å². The normalized spacial score (nSPS) is 16.9. The molecule has 4 atom stereocenters. The molecule has 4 N–H and O–H groups in total. The number of benzene rings is 8. The van der Waals surface area contributed by atoms with Gasteiger partial charge in [0, 0.05) is 140 Å². The Morgan fingerprint density at radius 3 is 0.944 bits per heavy atom. The molecule has 4 fully saturated rings. The maximum Gasteiger partial charge on any atom is 0.246 e. The molecule has 8 aromatic carbocycles. The molecule has 0 spiro atoms. The van der Waals surface area contributed by atoms with Gasteiger partial charge in [0.2, 0.25) is 23.6 Å². The highest BCUT2D eigenvalue weighted by molar-refractivity contribution is 6.36. The molecule has 4 amide bonds. The van der Waals surface area contributed by atoms with Crippen LogP contribution in [0.4, 0.5) is 58.4 Å². The molecule has 4 aliphatic rings. The van der Waals surface area contributed by atoms with E-state index in [9.17, 15) is 57.2 Å². The van der Waals surface area contributed by atoms with Crippen LogP contribution in [-0.4, -0.2) is 205 Å². The monoisotopic (exact) mass is 1800 g/mol. The van der Waals surface area contributed by atoms with E-state index in [0.717, 1.165) is 24.3 Å². The Morgan fingerprint density at radius 1 is 0.373 bits per heavy atom. The largest absolute Gasteiger partial charge is 0.507 e. The summed E-state index contributed by atoms with van der Waals surface area (Å²) in [6.45, 7) is 30.8. The number of aromatic nitrogens is 8. The van der Waals surface area contributed by atoms with E-state index in [2.05, 4.69) is 66.2 Å². The lowest BCUT2D eigenvalue weighted by Crippen LogP contribution is -2.60. The number of amides is 4. The standard InChI is InChI=1S/2C23H21ClF2N4O2.2C22H19ClF2N4O2/c1-4-18(32)30-12(2)9-29(10-13(30)3)23-14-8-15(24)19(21(26)22(14)27-11-28-23)20-16(25)6-5-7-17(20)31;1-4-17(32)29-8-9-30(23(2,3)11-29)22-13-10-14(24)18(20(26)21(13)27-12-28-22)19-15(25)6-5-7-16(19)31;2*1-3-17(31)29-8-7-28(10-12(29)2)22-13-9-14(23)18(20(25)21(13)26-11-27-22)19-15(24)5-4-6-16(19)30/h4-8,11-13,31H,1,9-10H2,2-3H3;4-7,10,12,31H,1,8-9,11H2,2-3H3;2*3-6,9,11-12,30H,1,7-8,10H2,2H3/t12-,13-;;12-;/m0.0./s1. The van der Waals surface area contributed by atoms with Gasteiger partial charge < -0.3 is 59.6 Å². The highest BCUT2D eigenvalue weighted by Crippen LogP contribution is 2.48. The molecule has 0 aliphatic carbocycles. The Balaban J connectivity index is 0.000000144. The average Bonchev–Trinajstić information content (AvgIpc) is 0.748. The zero-order chi connectivity index (χ0) is 90.9. The van der Waals surface area contributed by atoms with Gasteiger partial charge in [-0.15, -0.1) is 0 Å². The van der Waals surface area contributed by atoms with Crippen LogP contribution in [0.1, 0.15) is 41.5 Å². The Morgan fingerprint density at radius 2 is 0.659 bits per heavy atom. The van der Waals surface area contributed by atoms with E-state index >= 15 is 17.6 Å². The number of carbonyl (C=O) groups excluding carboxylic acids is 4. The fourth-order valence-electron chi connectivity index (χ4n) is 16.5. The van der Waals surface area contributed by atoms with Crippen LogP contribution in [0.5, 0.6) is 23.0 Å². The molecule has 8 heterocycles. The zero-order valence-corrected chi connectivity index (χ0v) is 71.4. The van der Waals surface area contributed by atoms with E-state index in [1.165, 1.54) is 122 Å². The highest BCUT2D eigenvalue weighted by Gasteiger charge is 2.40. The van der Waals surface area contributed by atoms with Crippen LogP contribution < -0.4 is 19.6 Å². The van der Waals surface area contributed by atoms with Gasteiger partial charge in [0.05, 0.1) is 47.9 Å². The van der Waals surface area contributed by atoms with Crippen molar-refractivity contribution in [3.05, 3.63) is 240 Å². The zero-order valence-electron chi connectivity index (χ0n) is 68.4. The first-order valence-corrected chi connectivity index (χ1v) is 40.7. The molecule has 4 aliphatic heterocycles. The minimum absolute atomic E-state index is 0.0377. The minimum atomic E-state index is -0.852. The van der Waals surface area contributed by atoms with Gasteiger partial charge in [-0.1, -0.05) is 97.0 Å². The number of piperazine rings is 4. The van der Waals surface area contributed by atoms with Crippen LogP contribution in [0, 0.1) is 46.5 Å². The number of hydrogen-bond donors (Lipinski definition) is 4. The number of hydrogen-bond acceptors (Lipinski definition) is 20. The Hall–Kier alpha value is -13.0. The van der Waals surface area contributed by atoms with E-state index in [1.807, 2.05) is 61.1 Å². The minimum Gasteiger partial charge on any atom is -0.507 e. The maximum atomic E-state index is 15.6. The van der Waals surface area contributed by atoms with E-state index < -0.39 is 75.1 Å². The first-order chi connectivity index (χ1) is 60.0. The molecule has 16 rings (SSSR count). The van der Waals surface area contributed by atoms with Gasteiger partial charge in [0.1, 0.15) is 117 Å². The number of nitrogens with zero attached hydrogens (tertiary/aromatic N) is 16. The number of fused-ring (bicyclic) bond motifs is 4. The Bertz CT molecular complexity index is 6130. The molecule has 0 bridgehead atoms. The summed E-state index contributed by atoms with van der Waals surface area (Å²) in [5.41, 5.74) is -3.02. The molecule has 126 heavy (non-hydrogen) atoms.